The van der Waals surface area contributed by atoms with Crippen LogP contribution < -0.4 is 5.73 Å². The van der Waals surface area contributed by atoms with Crippen molar-refractivity contribution in [2.24, 2.45) is 0 Å². The molecule has 1 aromatic carbocycles. The zero-order chi connectivity index (χ0) is 22.6. The Hall–Kier alpha value is -3.13. The molecule has 31 heavy (non-hydrogen) atoms. The van der Waals surface area contributed by atoms with Crippen LogP contribution in [0.2, 0.25) is 5.15 Å². The Balaban J connectivity index is 1.57. The van der Waals surface area contributed by atoms with Gasteiger partial charge in [0.25, 0.3) is 0 Å². The van der Waals surface area contributed by atoms with Crippen LogP contribution in [0.15, 0.2) is 42.7 Å². The summed E-state index contributed by atoms with van der Waals surface area (Å²) in [5, 5.41) is 12.3. The van der Waals surface area contributed by atoms with Crippen molar-refractivity contribution in [3.05, 3.63) is 59.0 Å². The van der Waals surface area contributed by atoms with Gasteiger partial charge in [0.05, 0.1) is 12.7 Å². The number of anilines is 1. The maximum atomic E-state index is 12.1. The number of ether oxygens (including phenoxy) is 1. The van der Waals surface area contributed by atoms with Crippen molar-refractivity contribution in [3.63, 3.8) is 0 Å². The summed E-state index contributed by atoms with van der Waals surface area (Å²) in [6.07, 6.45) is 4.06. The largest absolute Gasteiger partial charge is 0.444 e. The molecule has 3 rings (SSSR count). The first-order chi connectivity index (χ1) is 14.6. The summed E-state index contributed by atoms with van der Waals surface area (Å²) in [5.74, 6) is 0.310. The second-order valence-corrected chi connectivity index (χ2v) is 8.75. The van der Waals surface area contributed by atoms with Crippen LogP contribution >= 0.6 is 11.6 Å². The van der Waals surface area contributed by atoms with Crippen molar-refractivity contribution in [1.82, 2.24) is 24.9 Å². The minimum absolute atomic E-state index is 0.282. The average Bonchev–Trinajstić information content (AvgIpc) is 3.16. The number of nitrogen functional groups attached to an aromatic ring is 1. The van der Waals surface area contributed by atoms with Gasteiger partial charge in [0.1, 0.15) is 5.60 Å². The molecule has 0 saturated heterocycles. The third-order valence-electron chi connectivity index (χ3n) is 4.55. The predicted octanol–water partition coefficient (Wildman–Crippen LogP) is 4.03. The number of benzene rings is 1. The second kappa shape index (κ2) is 9.34. The molecule has 2 N–H and O–H groups in total. The zero-order valence-corrected chi connectivity index (χ0v) is 18.9. The van der Waals surface area contributed by atoms with Gasteiger partial charge in [-0.2, -0.15) is 5.10 Å². The highest BCUT2D eigenvalue weighted by molar-refractivity contribution is 6.29. The SMILES string of the molecule is CN(CCc1ccc(Cn2cc(-c3cc(Cl)nnc3N)cn2)cc1)C(=O)OC(C)(C)C. The van der Waals surface area contributed by atoms with E-state index in [1.165, 1.54) is 0 Å². The van der Waals surface area contributed by atoms with Crippen molar-refractivity contribution in [2.45, 2.75) is 39.3 Å². The lowest BCUT2D eigenvalue weighted by Crippen LogP contribution is -2.35. The third kappa shape index (κ3) is 6.42. The van der Waals surface area contributed by atoms with Crippen LogP contribution in [0.4, 0.5) is 10.6 Å². The van der Waals surface area contributed by atoms with E-state index in [0.717, 1.165) is 23.1 Å². The van der Waals surface area contributed by atoms with Gasteiger partial charge in [0, 0.05) is 30.9 Å². The fraction of sp³-hybridized carbons (Fsp3) is 0.364. The first-order valence-corrected chi connectivity index (χ1v) is 10.3. The van der Waals surface area contributed by atoms with Crippen LogP contribution in [0.5, 0.6) is 0 Å². The Kier molecular flexibility index (Phi) is 6.80. The normalized spacial score (nSPS) is 11.4. The van der Waals surface area contributed by atoms with Gasteiger partial charge in [0.2, 0.25) is 0 Å². The minimum Gasteiger partial charge on any atom is -0.444 e. The summed E-state index contributed by atoms with van der Waals surface area (Å²) in [6.45, 7) is 6.78. The van der Waals surface area contributed by atoms with E-state index in [1.807, 2.05) is 31.6 Å². The van der Waals surface area contributed by atoms with E-state index >= 15 is 0 Å². The molecule has 0 unspecified atom stereocenters. The minimum atomic E-state index is -0.495. The van der Waals surface area contributed by atoms with E-state index in [0.29, 0.717) is 24.5 Å². The molecular formula is C22H27ClN6O2. The fourth-order valence-electron chi connectivity index (χ4n) is 2.92. The van der Waals surface area contributed by atoms with Gasteiger partial charge in [-0.05, 0) is 44.4 Å². The number of hydrogen-bond donors (Lipinski definition) is 1. The fourth-order valence-corrected chi connectivity index (χ4v) is 3.07. The van der Waals surface area contributed by atoms with Gasteiger partial charge < -0.3 is 15.4 Å². The molecule has 3 aromatic rings. The first kappa shape index (κ1) is 22.6. The summed E-state index contributed by atoms with van der Waals surface area (Å²) in [6, 6.07) is 9.92. The van der Waals surface area contributed by atoms with Crippen LogP contribution in [0, 0.1) is 0 Å². The summed E-state index contributed by atoms with van der Waals surface area (Å²) >= 11 is 5.92. The maximum absolute atomic E-state index is 12.1. The quantitative estimate of drug-likeness (QED) is 0.618. The van der Waals surface area contributed by atoms with Crippen LogP contribution in [0.25, 0.3) is 11.1 Å². The molecule has 0 aliphatic heterocycles. The Morgan fingerprint density at radius 1 is 1.19 bits per heavy atom. The Bertz CT molecular complexity index is 1040. The van der Waals surface area contributed by atoms with E-state index in [9.17, 15) is 4.79 Å². The average molecular weight is 443 g/mol. The van der Waals surface area contributed by atoms with Crippen molar-refractivity contribution < 1.29 is 9.53 Å². The van der Waals surface area contributed by atoms with Gasteiger partial charge >= 0.3 is 6.09 Å². The van der Waals surface area contributed by atoms with Gasteiger partial charge in [-0.25, -0.2) is 4.79 Å². The number of hydrogen-bond acceptors (Lipinski definition) is 6. The maximum Gasteiger partial charge on any atom is 0.410 e. The molecule has 8 nitrogen and oxygen atoms in total. The monoisotopic (exact) mass is 442 g/mol. The molecule has 0 aliphatic rings. The van der Waals surface area contributed by atoms with Crippen molar-refractivity contribution in [1.29, 1.82) is 0 Å². The van der Waals surface area contributed by atoms with Crippen molar-refractivity contribution in [3.8, 4) is 11.1 Å². The van der Waals surface area contributed by atoms with Crippen LogP contribution in [-0.2, 0) is 17.7 Å². The van der Waals surface area contributed by atoms with Crippen molar-refractivity contribution in [2.75, 3.05) is 19.3 Å². The molecule has 0 atom stereocenters. The molecule has 0 fully saturated rings. The summed E-state index contributed by atoms with van der Waals surface area (Å²) in [4.78, 5) is 13.6. The number of nitrogens with zero attached hydrogens (tertiary/aromatic N) is 5. The van der Waals surface area contributed by atoms with Crippen LogP contribution in [-0.4, -0.2) is 50.2 Å². The molecule has 0 bridgehead atoms. The standard InChI is InChI=1S/C22H27ClN6O2/c1-22(2,3)31-21(30)28(4)10-9-15-5-7-16(8-6-15)13-29-14-17(12-25-29)18-11-19(23)26-27-20(18)24/h5-8,11-12,14H,9-10,13H2,1-4H3,(H2,24,27). The van der Waals surface area contributed by atoms with E-state index < -0.39 is 5.60 Å². The molecule has 164 valence electrons. The molecular weight excluding hydrogens is 416 g/mol. The van der Waals surface area contributed by atoms with Gasteiger partial charge in [-0.15, -0.1) is 10.2 Å². The Morgan fingerprint density at radius 2 is 1.87 bits per heavy atom. The Morgan fingerprint density at radius 3 is 2.55 bits per heavy atom. The number of amides is 1. The van der Waals surface area contributed by atoms with Gasteiger partial charge in [0.15, 0.2) is 11.0 Å². The highest BCUT2D eigenvalue weighted by Gasteiger charge is 2.19. The van der Waals surface area contributed by atoms with Gasteiger partial charge in [-0.3, -0.25) is 4.68 Å². The number of rotatable bonds is 6. The zero-order valence-electron chi connectivity index (χ0n) is 18.2. The number of nitrogens with two attached hydrogens (primary N) is 1. The molecule has 1 amide bonds. The summed E-state index contributed by atoms with van der Waals surface area (Å²) < 4.78 is 7.20. The van der Waals surface area contributed by atoms with Crippen LogP contribution in [0.3, 0.4) is 0 Å². The smallest absolute Gasteiger partial charge is 0.410 e. The first-order valence-electron chi connectivity index (χ1n) is 9.94. The predicted molar refractivity (Wildman–Crippen MR) is 121 cm³/mol. The van der Waals surface area contributed by atoms with E-state index in [2.05, 4.69) is 39.6 Å². The third-order valence-corrected chi connectivity index (χ3v) is 4.73. The molecule has 0 saturated carbocycles. The van der Waals surface area contributed by atoms with Gasteiger partial charge in [-0.1, -0.05) is 35.9 Å². The van der Waals surface area contributed by atoms with E-state index in [4.69, 9.17) is 22.1 Å². The summed E-state index contributed by atoms with van der Waals surface area (Å²) in [5.41, 5.74) is 9.19. The lowest BCUT2D eigenvalue weighted by atomic mass is 10.1. The second-order valence-electron chi connectivity index (χ2n) is 8.36. The molecule has 2 heterocycles. The number of likely N-dealkylation sites (N-methyl/N-ethyl adjacent to an activating group) is 1. The molecule has 0 spiro atoms. The number of halogens is 1. The summed E-state index contributed by atoms with van der Waals surface area (Å²) in [7, 11) is 1.75. The number of aromatic nitrogens is 4. The highest BCUT2D eigenvalue weighted by Crippen LogP contribution is 2.25. The lowest BCUT2D eigenvalue weighted by Gasteiger charge is -2.24. The Labute approximate surface area is 187 Å². The van der Waals surface area contributed by atoms with E-state index in [1.54, 1.807) is 24.2 Å². The lowest BCUT2D eigenvalue weighted by molar-refractivity contribution is 0.0301. The molecule has 9 heteroatoms. The topological polar surface area (TPSA) is 99.2 Å². The van der Waals surface area contributed by atoms with E-state index in [-0.39, 0.29) is 11.2 Å². The molecule has 2 aromatic heterocycles. The van der Waals surface area contributed by atoms with Crippen LogP contribution in [0.1, 0.15) is 31.9 Å². The molecule has 0 radical (unpaired) electrons. The number of carbonyl (C=O) groups excluding carboxylic acids is 1. The van der Waals surface area contributed by atoms with Crippen molar-refractivity contribution >= 4 is 23.5 Å². The molecule has 0 aliphatic carbocycles. The highest BCUT2D eigenvalue weighted by atomic mass is 35.5. The number of carbonyl (C=O) groups is 1.